The molecule has 3 nitrogen and oxygen atoms in total. The van der Waals surface area contributed by atoms with Gasteiger partial charge in [-0.3, -0.25) is 0 Å². The highest BCUT2D eigenvalue weighted by Gasteiger charge is 2.17. The number of anilines is 1. The van der Waals surface area contributed by atoms with E-state index in [1.54, 1.807) is 0 Å². The Kier molecular flexibility index (Phi) is 4.87. The number of rotatable bonds is 5. The monoisotopic (exact) mass is 300 g/mol. The molecule has 0 saturated heterocycles. The summed E-state index contributed by atoms with van der Waals surface area (Å²) in [6, 6.07) is 10.2. The zero-order chi connectivity index (χ0) is 15.4. The van der Waals surface area contributed by atoms with Gasteiger partial charge in [0, 0.05) is 4.88 Å². The zero-order valence-corrected chi connectivity index (χ0v) is 13.5. The van der Waals surface area contributed by atoms with Gasteiger partial charge in [0.2, 0.25) is 0 Å². The number of hydrogen-bond donors (Lipinski definition) is 1. The van der Waals surface area contributed by atoms with Crippen molar-refractivity contribution in [3.63, 3.8) is 0 Å². The molecule has 110 valence electrons. The van der Waals surface area contributed by atoms with Crippen molar-refractivity contribution in [3.8, 4) is 22.3 Å². The number of nitrogen functional groups attached to an aromatic ring is 1. The molecule has 0 spiro atoms. The van der Waals surface area contributed by atoms with Crippen molar-refractivity contribution in [2.24, 2.45) is 0 Å². The molecular formula is C17H20N2OS. The quantitative estimate of drug-likeness (QED) is 0.877. The predicted molar refractivity (Wildman–Crippen MR) is 88.6 cm³/mol. The fraction of sp³-hybridized carbons (Fsp3) is 0.353. The Hall–Kier alpha value is -1.99. The second-order valence-corrected chi connectivity index (χ2v) is 6.23. The lowest BCUT2D eigenvalue weighted by molar-refractivity contribution is 0.242. The topological polar surface area (TPSA) is 59.0 Å². The molecule has 4 heteroatoms. The fourth-order valence-corrected chi connectivity index (χ4v) is 3.34. The van der Waals surface area contributed by atoms with Crippen LogP contribution in [0, 0.1) is 11.3 Å². The van der Waals surface area contributed by atoms with E-state index in [0.717, 1.165) is 34.6 Å². The van der Waals surface area contributed by atoms with Gasteiger partial charge in [0.25, 0.3) is 0 Å². The van der Waals surface area contributed by atoms with Crippen LogP contribution in [0.4, 0.5) is 5.69 Å². The first-order chi connectivity index (χ1) is 10.1. The molecule has 0 aliphatic carbocycles. The van der Waals surface area contributed by atoms with E-state index < -0.39 is 0 Å². The van der Waals surface area contributed by atoms with Crippen LogP contribution < -0.4 is 10.5 Å². The van der Waals surface area contributed by atoms with E-state index in [1.165, 1.54) is 11.3 Å². The van der Waals surface area contributed by atoms with Crippen LogP contribution in [0.15, 0.2) is 24.3 Å². The highest BCUT2D eigenvalue weighted by molar-refractivity contribution is 7.16. The summed E-state index contributed by atoms with van der Waals surface area (Å²) in [6.45, 7) is 6.13. The van der Waals surface area contributed by atoms with Gasteiger partial charge in [-0.2, -0.15) is 5.26 Å². The van der Waals surface area contributed by atoms with Crippen molar-refractivity contribution >= 4 is 17.0 Å². The maximum atomic E-state index is 9.20. The molecule has 1 aromatic heterocycles. The first-order valence-electron chi connectivity index (χ1n) is 7.15. The number of nitrogens with two attached hydrogens (primary N) is 1. The van der Waals surface area contributed by atoms with E-state index in [-0.39, 0.29) is 6.10 Å². The van der Waals surface area contributed by atoms with E-state index in [0.29, 0.717) is 10.6 Å². The fourth-order valence-electron chi connectivity index (χ4n) is 2.28. The van der Waals surface area contributed by atoms with Gasteiger partial charge in [-0.15, -0.1) is 11.3 Å². The van der Waals surface area contributed by atoms with Gasteiger partial charge in [-0.05, 0) is 43.5 Å². The number of ether oxygens (including phenoxy) is 1. The average Bonchev–Trinajstić information content (AvgIpc) is 2.76. The van der Waals surface area contributed by atoms with Crippen LogP contribution >= 0.6 is 11.3 Å². The lowest BCUT2D eigenvalue weighted by Crippen LogP contribution is -2.05. The summed E-state index contributed by atoms with van der Waals surface area (Å²) in [5.74, 6) is 0.843. The molecule has 2 aromatic rings. The van der Waals surface area contributed by atoms with Crippen LogP contribution in [-0.4, -0.2) is 6.10 Å². The average molecular weight is 300 g/mol. The van der Waals surface area contributed by atoms with E-state index in [2.05, 4.69) is 13.0 Å². The van der Waals surface area contributed by atoms with Crippen molar-refractivity contribution in [1.29, 1.82) is 5.26 Å². The van der Waals surface area contributed by atoms with Gasteiger partial charge < -0.3 is 10.5 Å². The zero-order valence-electron chi connectivity index (χ0n) is 12.6. The predicted octanol–water partition coefficient (Wildman–Crippen LogP) is 4.61. The Bertz CT molecular complexity index is 668. The second kappa shape index (κ2) is 6.64. The molecule has 0 atom stereocenters. The third-order valence-corrected chi connectivity index (χ3v) is 4.32. The largest absolute Gasteiger partial charge is 0.491 e. The van der Waals surface area contributed by atoms with Gasteiger partial charge >= 0.3 is 0 Å². The number of nitrogens with zero attached hydrogens (tertiary/aromatic N) is 1. The van der Waals surface area contributed by atoms with Gasteiger partial charge in [0.1, 0.15) is 16.7 Å². The highest BCUT2D eigenvalue weighted by Crippen LogP contribution is 2.40. The van der Waals surface area contributed by atoms with Gasteiger partial charge in [0.05, 0.1) is 11.8 Å². The van der Waals surface area contributed by atoms with Crippen LogP contribution in [-0.2, 0) is 6.42 Å². The normalized spacial score (nSPS) is 10.6. The highest BCUT2D eigenvalue weighted by atomic mass is 32.1. The lowest BCUT2D eigenvalue weighted by Gasteiger charge is -2.11. The molecule has 2 rings (SSSR count). The molecule has 1 aromatic carbocycles. The smallest absolute Gasteiger partial charge is 0.128 e. The van der Waals surface area contributed by atoms with Crippen molar-refractivity contribution in [3.05, 3.63) is 34.7 Å². The first kappa shape index (κ1) is 15.4. The molecule has 21 heavy (non-hydrogen) atoms. The lowest BCUT2D eigenvalue weighted by atomic mass is 10.0. The minimum absolute atomic E-state index is 0.137. The summed E-state index contributed by atoms with van der Waals surface area (Å²) >= 11 is 1.47. The molecular weight excluding hydrogens is 280 g/mol. The van der Waals surface area contributed by atoms with Crippen LogP contribution in [0.1, 0.15) is 37.6 Å². The minimum atomic E-state index is 0.137. The van der Waals surface area contributed by atoms with E-state index in [9.17, 15) is 5.26 Å². The standard InChI is InChI=1S/C17H20N2OS/c1-4-6-14-16(19)15(10-18)21-17(14)12-7-5-8-13(9-12)20-11(2)3/h5,7-9,11H,4,6,19H2,1-3H3. The Labute approximate surface area is 130 Å². The van der Waals surface area contributed by atoms with E-state index in [1.807, 2.05) is 38.1 Å². The van der Waals surface area contributed by atoms with Crippen molar-refractivity contribution in [2.75, 3.05) is 5.73 Å². The van der Waals surface area contributed by atoms with Crippen molar-refractivity contribution < 1.29 is 4.74 Å². The molecule has 0 radical (unpaired) electrons. The van der Waals surface area contributed by atoms with Crippen LogP contribution in [0.2, 0.25) is 0 Å². The third-order valence-electron chi connectivity index (χ3n) is 3.12. The summed E-state index contributed by atoms with van der Waals surface area (Å²) in [5, 5.41) is 9.20. The first-order valence-corrected chi connectivity index (χ1v) is 7.96. The maximum absolute atomic E-state index is 9.20. The summed E-state index contributed by atoms with van der Waals surface area (Å²) in [6.07, 6.45) is 2.02. The van der Waals surface area contributed by atoms with Gasteiger partial charge in [-0.25, -0.2) is 0 Å². The van der Waals surface area contributed by atoms with Crippen molar-refractivity contribution in [2.45, 2.75) is 39.7 Å². The Morgan fingerprint density at radius 1 is 1.38 bits per heavy atom. The Morgan fingerprint density at radius 2 is 2.14 bits per heavy atom. The molecule has 1 heterocycles. The number of thiophene rings is 1. The van der Waals surface area contributed by atoms with Crippen LogP contribution in [0.3, 0.4) is 0 Å². The van der Waals surface area contributed by atoms with Crippen LogP contribution in [0.25, 0.3) is 10.4 Å². The summed E-state index contributed by atoms with van der Waals surface area (Å²) < 4.78 is 5.75. The Morgan fingerprint density at radius 3 is 2.76 bits per heavy atom. The Balaban J connectivity index is 2.48. The molecule has 0 unspecified atom stereocenters. The summed E-state index contributed by atoms with van der Waals surface area (Å²) in [5.41, 5.74) is 8.90. The van der Waals surface area contributed by atoms with Crippen molar-refractivity contribution in [1.82, 2.24) is 0 Å². The van der Waals surface area contributed by atoms with E-state index >= 15 is 0 Å². The maximum Gasteiger partial charge on any atom is 0.128 e. The number of nitriles is 1. The molecule has 0 aliphatic rings. The molecule has 2 N–H and O–H groups in total. The molecule has 0 amide bonds. The molecule has 0 saturated carbocycles. The molecule has 0 aliphatic heterocycles. The minimum Gasteiger partial charge on any atom is -0.491 e. The van der Waals surface area contributed by atoms with Gasteiger partial charge in [-0.1, -0.05) is 25.5 Å². The molecule has 0 bridgehead atoms. The summed E-state index contributed by atoms with van der Waals surface area (Å²) in [4.78, 5) is 1.68. The number of hydrogen-bond acceptors (Lipinski definition) is 4. The SMILES string of the molecule is CCCc1c(-c2cccc(OC(C)C)c2)sc(C#N)c1N. The third kappa shape index (κ3) is 3.37. The summed E-state index contributed by atoms with van der Waals surface area (Å²) in [7, 11) is 0. The van der Waals surface area contributed by atoms with Crippen LogP contribution in [0.5, 0.6) is 5.75 Å². The second-order valence-electron chi connectivity index (χ2n) is 5.21. The van der Waals surface area contributed by atoms with Gasteiger partial charge in [0.15, 0.2) is 0 Å². The molecule has 0 fully saturated rings. The van der Waals surface area contributed by atoms with E-state index in [4.69, 9.17) is 10.5 Å². The number of benzene rings is 1.